The normalized spacial score (nSPS) is 13.6. The molecule has 1 aromatic rings. The van der Waals surface area contributed by atoms with Crippen molar-refractivity contribution in [3.05, 3.63) is 33.2 Å². The molecule has 17 heavy (non-hydrogen) atoms. The van der Waals surface area contributed by atoms with Gasteiger partial charge in [-0.3, -0.25) is 4.79 Å². The van der Waals surface area contributed by atoms with Crippen LogP contribution in [0.15, 0.2) is 18.2 Å². The lowest BCUT2D eigenvalue weighted by atomic mass is 10.1. The molecule has 0 saturated carbocycles. The van der Waals surface area contributed by atoms with Crippen molar-refractivity contribution in [1.82, 2.24) is 0 Å². The molecule has 1 aromatic carbocycles. The van der Waals surface area contributed by atoms with E-state index in [4.69, 9.17) is 6.57 Å². The molecule has 0 unspecified atom stereocenters. The molecule has 1 atom stereocenters. The number of halogens is 2. The van der Waals surface area contributed by atoms with Crippen molar-refractivity contribution in [3.8, 4) is 0 Å². The maximum atomic E-state index is 11.7. The average Bonchev–Trinajstić information content (AvgIpc) is 2.29. The molecule has 0 spiro atoms. The van der Waals surface area contributed by atoms with Crippen LogP contribution < -0.4 is 5.32 Å². The van der Waals surface area contributed by atoms with Crippen molar-refractivity contribution in [2.24, 2.45) is 0 Å². The van der Waals surface area contributed by atoms with Crippen LogP contribution in [0, 0.1) is 10.1 Å². The number of rotatable bonds is 3. The Bertz CT molecular complexity index is 483. The molecule has 90 valence electrons. The molecular formula is C11H10BrIN2O2. The van der Waals surface area contributed by atoms with E-state index in [0.29, 0.717) is 11.4 Å². The molecule has 0 aliphatic rings. The molecule has 0 saturated heterocycles. The van der Waals surface area contributed by atoms with Gasteiger partial charge in [-0.15, -0.1) is 0 Å². The molecule has 4 nitrogen and oxygen atoms in total. The van der Waals surface area contributed by atoms with Crippen molar-refractivity contribution in [3.63, 3.8) is 0 Å². The number of carbonyl (C=O) groups is 1. The largest absolute Gasteiger partial charge is 0.379 e. The van der Waals surface area contributed by atoms with Crippen molar-refractivity contribution in [2.75, 3.05) is 10.6 Å². The summed E-state index contributed by atoms with van der Waals surface area (Å²) in [5.41, 5.74) is -0.354. The second-order valence-corrected chi connectivity index (χ2v) is 5.36. The first-order valence-electron chi connectivity index (χ1n) is 4.67. The third kappa shape index (κ3) is 3.66. The second kappa shape index (κ2) is 5.80. The first-order chi connectivity index (χ1) is 7.90. The highest BCUT2D eigenvalue weighted by atomic mass is 127. The zero-order valence-corrected chi connectivity index (χ0v) is 12.7. The summed E-state index contributed by atoms with van der Waals surface area (Å²) >= 11 is 5.10. The lowest BCUT2D eigenvalue weighted by molar-refractivity contribution is -0.130. The summed E-state index contributed by atoms with van der Waals surface area (Å²) in [6.07, 6.45) is 0. The minimum Gasteiger partial charge on any atom is -0.379 e. The Morgan fingerprint density at radius 3 is 2.82 bits per heavy atom. The fourth-order valence-electron chi connectivity index (χ4n) is 1.00. The Labute approximate surface area is 121 Å². The number of amides is 1. The lowest BCUT2D eigenvalue weighted by Gasteiger charge is -2.19. The predicted molar refractivity (Wildman–Crippen MR) is 78.5 cm³/mol. The molecule has 0 bridgehead atoms. The number of nitrogens with one attached hydrogen (secondary N) is 1. The lowest BCUT2D eigenvalue weighted by Crippen LogP contribution is -2.41. The van der Waals surface area contributed by atoms with Gasteiger partial charge in [0, 0.05) is 14.6 Å². The maximum absolute atomic E-state index is 11.7. The van der Waals surface area contributed by atoms with Crippen molar-refractivity contribution >= 4 is 55.8 Å². The molecule has 1 amide bonds. The summed E-state index contributed by atoms with van der Waals surface area (Å²) in [6.45, 7) is 8.34. The second-order valence-electron chi connectivity index (χ2n) is 3.64. The number of aliphatic hydroxyl groups is 1. The maximum Gasteiger partial charge on any atom is 0.256 e. The monoisotopic (exact) mass is 408 g/mol. The van der Waals surface area contributed by atoms with Gasteiger partial charge in [-0.05, 0) is 19.1 Å². The van der Waals surface area contributed by atoms with E-state index in [2.05, 4.69) is 26.1 Å². The van der Waals surface area contributed by atoms with Crippen LogP contribution in [0.2, 0.25) is 0 Å². The van der Waals surface area contributed by atoms with Crippen LogP contribution >= 0.6 is 38.5 Å². The molecule has 0 fully saturated rings. The smallest absolute Gasteiger partial charge is 0.256 e. The minimum absolute atomic E-state index is 0.156. The van der Waals surface area contributed by atoms with Crippen LogP contribution in [-0.4, -0.2) is 21.9 Å². The van der Waals surface area contributed by atoms with Gasteiger partial charge < -0.3 is 10.4 Å². The zero-order valence-electron chi connectivity index (χ0n) is 9.00. The fraction of sp³-hybridized carbons (Fsp3) is 0.273. The number of hydrogen-bond acceptors (Lipinski definition) is 2. The van der Waals surface area contributed by atoms with Crippen molar-refractivity contribution in [2.45, 2.75) is 12.5 Å². The van der Waals surface area contributed by atoms with Gasteiger partial charge in [0.2, 0.25) is 0 Å². The SMILES string of the molecule is [C-]#[N+]c1ccc(NC(=O)[C@@](C)(O)CBr)cc1I. The van der Waals surface area contributed by atoms with E-state index >= 15 is 0 Å². The molecule has 1 rings (SSSR count). The summed E-state index contributed by atoms with van der Waals surface area (Å²) in [7, 11) is 0. The molecule has 0 aromatic heterocycles. The van der Waals surface area contributed by atoms with E-state index in [1.54, 1.807) is 18.2 Å². The van der Waals surface area contributed by atoms with E-state index in [-0.39, 0.29) is 5.33 Å². The number of carbonyl (C=O) groups excluding carboxylic acids is 1. The minimum atomic E-state index is -1.45. The van der Waals surface area contributed by atoms with E-state index in [1.807, 2.05) is 22.6 Å². The molecule has 6 heteroatoms. The van der Waals surface area contributed by atoms with E-state index in [0.717, 1.165) is 3.57 Å². The number of benzene rings is 1. The summed E-state index contributed by atoms with van der Waals surface area (Å²) < 4.78 is 0.758. The van der Waals surface area contributed by atoms with Gasteiger partial charge >= 0.3 is 0 Å². The van der Waals surface area contributed by atoms with Crippen LogP contribution in [0.3, 0.4) is 0 Å². The fourth-order valence-corrected chi connectivity index (χ4v) is 1.89. The van der Waals surface area contributed by atoms with Gasteiger partial charge in [0.05, 0.1) is 6.57 Å². The number of anilines is 1. The Kier molecular flexibility index (Phi) is 4.91. The molecule has 2 N–H and O–H groups in total. The van der Waals surface area contributed by atoms with E-state index in [1.165, 1.54) is 6.92 Å². The Morgan fingerprint density at radius 1 is 1.71 bits per heavy atom. The predicted octanol–water partition coefficient (Wildman–Crippen LogP) is 2.93. The van der Waals surface area contributed by atoms with Crippen molar-refractivity contribution in [1.29, 1.82) is 0 Å². The van der Waals surface area contributed by atoms with Crippen molar-refractivity contribution < 1.29 is 9.90 Å². The molecular weight excluding hydrogens is 399 g/mol. The van der Waals surface area contributed by atoms with Gasteiger partial charge in [-0.2, -0.15) is 0 Å². The van der Waals surface area contributed by atoms with E-state index in [9.17, 15) is 9.90 Å². The van der Waals surface area contributed by atoms with Crippen LogP contribution in [0.5, 0.6) is 0 Å². The molecule has 0 heterocycles. The number of nitrogens with zero attached hydrogens (tertiary/aromatic N) is 1. The molecule has 0 aliphatic heterocycles. The van der Waals surface area contributed by atoms with Gasteiger partial charge in [0.25, 0.3) is 5.91 Å². The summed E-state index contributed by atoms with van der Waals surface area (Å²) in [5.74, 6) is -0.485. The van der Waals surface area contributed by atoms with Gasteiger partial charge in [0.1, 0.15) is 5.60 Å². The van der Waals surface area contributed by atoms with Gasteiger partial charge in [-0.1, -0.05) is 44.6 Å². The van der Waals surface area contributed by atoms with Gasteiger partial charge in [-0.25, -0.2) is 4.85 Å². The highest BCUT2D eigenvalue weighted by Crippen LogP contribution is 2.25. The first-order valence-corrected chi connectivity index (χ1v) is 6.87. The topological polar surface area (TPSA) is 53.7 Å². The zero-order chi connectivity index (χ0) is 13.1. The summed E-state index contributed by atoms with van der Waals surface area (Å²) in [6, 6.07) is 4.96. The quantitative estimate of drug-likeness (QED) is 0.459. The summed E-state index contributed by atoms with van der Waals surface area (Å²) in [4.78, 5) is 15.0. The number of hydrogen-bond donors (Lipinski definition) is 2. The Morgan fingerprint density at radius 2 is 2.35 bits per heavy atom. The Hall–Kier alpha value is -0.650. The summed E-state index contributed by atoms with van der Waals surface area (Å²) in [5, 5.41) is 12.5. The number of alkyl halides is 1. The standard InChI is InChI=1S/C11H10BrIN2O2/c1-11(17,6-12)10(16)15-7-3-4-9(14-2)8(13)5-7/h3-5,17H,6H2,1H3,(H,15,16)/t11-/m0/s1. The molecule has 0 aliphatic carbocycles. The molecule has 0 radical (unpaired) electrons. The Balaban J connectivity index is 2.88. The third-order valence-electron chi connectivity index (χ3n) is 2.08. The average molecular weight is 409 g/mol. The highest BCUT2D eigenvalue weighted by molar-refractivity contribution is 14.1. The van der Waals surface area contributed by atoms with Gasteiger partial charge in [0.15, 0.2) is 5.69 Å². The van der Waals surface area contributed by atoms with Crippen LogP contribution in [0.4, 0.5) is 11.4 Å². The highest BCUT2D eigenvalue weighted by Gasteiger charge is 2.28. The third-order valence-corrected chi connectivity index (χ3v) is 4.03. The van der Waals surface area contributed by atoms with Crippen LogP contribution in [0.1, 0.15) is 6.92 Å². The first kappa shape index (κ1) is 14.4. The van der Waals surface area contributed by atoms with Crippen LogP contribution in [-0.2, 0) is 4.79 Å². The van der Waals surface area contributed by atoms with E-state index < -0.39 is 11.5 Å². The van der Waals surface area contributed by atoms with Crippen LogP contribution in [0.25, 0.3) is 4.85 Å².